The Bertz CT molecular complexity index is 965. The highest BCUT2D eigenvalue weighted by atomic mass is 16.5. The van der Waals surface area contributed by atoms with Gasteiger partial charge in [0.15, 0.2) is 23.0 Å². The van der Waals surface area contributed by atoms with E-state index < -0.39 is 0 Å². The molecule has 3 aromatic rings. The highest BCUT2D eigenvalue weighted by Gasteiger charge is 2.21. The molecular weight excluding hydrogens is 380 g/mol. The van der Waals surface area contributed by atoms with Crippen molar-refractivity contribution in [3.8, 4) is 11.5 Å². The van der Waals surface area contributed by atoms with E-state index in [1.165, 1.54) is 5.56 Å². The molecule has 1 aromatic carbocycles. The maximum atomic E-state index is 5.87. The van der Waals surface area contributed by atoms with E-state index in [2.05, 4.69) is 42.3 Å². The van der Waals surface area contributed by atoms with Crippen molar-refractivity contribution in [1.82, 2.24) is 24.8 Å². The van der Waals surface area contributed by atoms with Gasteiger partial charge in [0.05, 0.1) is 19.0 Å². The molecule has 8 nitrogen and oxygen atoms in total. The molecule has 0 unspecified atom stereocenters. The van der Waals surface area contributed by atoms with Crippen LogP contribution in [0.5, 0.6) is 11.5 Å². The number of H-pyrrole nitrogens is 1. The number of imidazole rings is 1. The number of piperidine rings is 1. The van der Waals surface area contributed by atoms with E-state index in [4.69, 9.17) is 9.47 Å². The number of anilines is 1. The Morgan fingerprint density at radius 2 is 2.00 bits per heavy atom. The lowest BCUT2D eigenvalue weighted by Gasteiger charge is -2.32. The molecule has 160 valence electrons. The van der Waals surface area contributed by atoms with Gasteiger partial charge in [0.25, 0.3) is 0 Å². The van der Waals surface area contributed by atoms with Gasteiger partial charge < -0.3 is 19.8 Å². The fourth-order valence-corrected chi connectivity index (χ4v) is 3.83. The summed E-state index contributed by atoms with van der Waals surface area (Å²) >= 11 is 0. The van der Waals surface area contributed by atoms with Gasteiger partial charge in [-0.25, -0.2) is 15.0 Å². The molecule has 0 aliphatic carbocycles. The first-order chi connectivity index (χ1) is 14.6. The SMILES string of the molecule is CCOc1cc(CN2CCC(Nc3ncnc4[nH]cnc34)CC2)ccc1OC(C)C. The summed E-state index contributed by atoms with van der Waals surface area (Å²) < 4.78 is 11.7. The predicted molar refractivity (Wildman–Crippen MR) is 117 cm³/mol. The Morgan fingerprint density at radius 1 is 1.17 bits per heavy atom. The molecule has 1 saturated heterocycles. The second-order valence-electron chi connectivity index (χ2n) is 7.90. The Hall–Kier alpha value is -2.87. The summed E-state index contributed by atoms with van der Waals surface area (Å²) in [6.07, 6.45) is 5.46. The Balaban J connectivity index is 1.34. The van der Waals surface area contributed by atoms with Crippen LogP contribution >= 0.6 is 0 Å². The van der Waals surface area contributed by atoms with Crippen LogP contribution in [0.1, 0.15) is 39.2 Å². The zero-order chi connectivity index (χ0) is 20.9. The smallest absolute Gasteiger partial charge is 0.162 e. The van der Waals surface area contributed by atoms with Gasteiger partial charge in [-0.1, -0.05) is 6.07 Å². The second-order valence-corrected chi connectivity index (χ2v) is 7.90. The van der Waals surface area contributed by atoms with Crippen molar-refractivity contribution in [3.63, 3.8) is 0 Å². The van der Waals surface area contributed by atoms with Crippen molar-refractivity contribution in [1.29, 1.82) is 0 Å². The quantitative estimate of drug-likeness (QED) is 0.586. The molecule has 1 aliphatic rings. The van der Waals surface area contributed by atoms with Crippen molar-refractivity contribution in [3.05, 3.63) is 36.4 Å². The molecule has 8 heteroatoms. The van der Waals surface area contributed by atoms with Crippen molar-refractivity contribution in [2.24, 2.45) is 0 Å². The molecule has 1 aliphatic heterocycles. The minimum atomic E-state index is 0.124. The average Bonchev–Trinajstić information content (AvgIpc) is 3.21. The Labute approximate surface area is 177 Å². The van der Waals surface area contributed by atoms with Gasteiger partial charge in [-0.15, -0.1) is 0 Å². The minimum absolute atomic E-state index is 0.124. The van der Waals surface area contributed by atoms with E-state index in [0.29, 0.717) is 12.6 Å². The van der Waals surface area contributed by atoms with Crippen LogP contribution in [-0.4, -0.2) is 56.7 Å². The number of fused-ring (bicyclic) bond motifs is 1. The summed E-state index contributed by atoms with van der Waals surface area (Å²) in [6.45, 7) is 9.65. The number of rotatable bonds is 8. The van der Waals surface area contributed by atoms with Crippen molar-refractivity contribution >= 4 is 17.0 Å². The molecule has 0 spiro atoms. The highest BCUT2D eigenvalue weighted by Crippen LogP contribution is 2.30. The molecule has 0 amide bonds. The van der Waals surface area contributed by atoms with E-state index >= 15 is 0 Å². The first-order valence-electron chi connectivity index (χ1n) is 10.7. The average molecular weight is 411 g/mol. The number of ether oxygens (including phenoxy) is 2. The summed E-state index contributed by atoms with van der Waals surface area (Å²) in [4.78, 5) is 18.4. The van der Waals surface area contributed by atoms with Crippen LogP contribution in [0.2, 0.25) is 0 Å². The number of benzene rings is 1. The number of aromatic amines is 1. The topological polar surface area (TPSA) is 88.2 Å². The third kappa shape index (κ3) is 4.81. The van der Waals surface area contributed by atoms with E-state index in [1.54, 1.807) is 12.7 Å². The van der Waals surface area contributed by atoms with Gasteiger partial charge >= 0.3 is 0 Å². The molecule has 30 heavy (non-hydrogen) atoms. The Kier molecular flexibility index (Phi) is 6.32. The number of nitrogens with zero attached hydrogens (tertiary/aromatic N) is 4. The molecule has 0 radical (unpaired) electrons. The molecular formula is C22H30N6O2. The lowest BCUT2D eigenvalue weighted by Crippen LogP contribution is -2.38. The van der Waals surface area contributed by atoms with Crippen LogP contribution < -0.4 is 14.8 Å². The highest BCUT2D eigenvalue weighted by molar-refractivity contribution is 5.82. The first kappa shape index (κ1) is 20.4. The van der Waals surface area contributed by atoms with Crippen molar-refractivity contribution < 1.29 is 9.47 Å². The fourth-order valence-electron chi connectivity index (χ4n) is 3.83. The maximum absolute atomic E-state index is 5.87. The molecule has 3 heterocycles. The summed E-state index contributed by atoms with van der Waals surface area (Å²) in [5.41, 5.74) is 2.81. The van der Waals surface area contributed by atoms with Gasteiger partial charge in [-0.3, -0.25) is 4.90 Å². The summed E-state index contributed by atoms with van der Waals surface area (Å²) in [7, 11) is 0. The van der Waals surface area contributed by atoms with Crippen molar-refractivity contribution in [2.75, 3.05) is 25.0 Å². The standard InChI is InChI=1S/C22H30N6O2/c1-4-29-19-11-16(5-6-18(19)30-15(2)3)12-28-9-7-17(8-10-28)27-22-20-21(24-13-23-20)25-14-26-22/h5-6,11,13-15,17H,4,7-10,12H2,1-3H3,(H2,23,24,25,26,27). The van der Waals surface area contributed by atoms with Gasteiger partial charge in [0.1, 0.15) is 11.8 Å². The van der Waals surface area contributed by atoms with Crippen LogP contribution in [0.15, 0.2) is 30.9 Å². The number of likely N-dealkylation sites (tertiary alicyclic amines) is 1. The molecule has 0 bridgehead atoms. The molecule has 1 fully saturated rings. The first-order valence-corrected chi connectivity index (χ1v) is 10.7. The lowest BCUT2D eigenvalue weighted by atomic mass is 10.0. The second kappa shape index (κ2) is 9.30. The van der Waals surface area contributed by atoms with Gasteiger partial charge in [0, 0.05) is 25.7 Å². The van der Waals surface area contributed by atoms with E-state index in [1.807, 2.05) is 26.8 Å². The van der Waals surface area contributed by atoms with Crippen LogP contribution in [0, 0.1) is 0 Å². The summed E-state index contributed by atoms with van der Waals surface area (Å²) in [6, 6.07) is 6.66. The molecule has 2 N–H and O–H groups in total. The third-order valence-electron chi connectivity index (χ3n) is 5.22. The van der Waals surface area contributed by atoms with E-state index in [0.717, 1.165) is 61.0 Å². The zero-order valence-corrected chi connectivity index (χ0v) is 17.9. The number of aromatic nitrogens is 4. The summed E-state index contributed by atoms with van der Waals surface area (Å²) in [5.74, 6) is 2.45. The van der Waals surface area contributed by atoms with Crippen LogP contribution in [0.4, 0.5) is 5.82 Å². The predicted octanol–water partition coefficient (Wildman–Crippen LogP) is 3.62. The Morgan fingerprint density at radius 3 is 2.77 bits per heavy atom. The number of nitrogens with one attached hydrogen (secondary N) is 2. The number of hydrogen-bond donors (Lipinski definition) is 2. The monoisotopic (exact) mass is 410 g/mol. The molecule has 0 atom stereocenters. The van der Waals surface area contributed by atoms with E-state index in [9.17, 15) is 0 Å². The maximum Gasteiger partial charge on any atom is 0.162 e. The minimum Gasteiger partial charge on any atom is -0.490 e. The van der Waals surface area contributed by atoms with E-state index in [-0.39, 0.29) is 6.10 Å². The van der Waals surface area contributed by atoms with Crippen LogP contribution in [-0.2, 0) is 6.54 Å². The van der Waals surface area contributed by atoms with Crippen LogP contribution in [0.25, 0.3) is 11.2 Å². The van der Waals surface area contributed by atoms with Crippen LogP contribution in [0.3, 0.4) is 0 Å². The van der Waals surface area contributed by atoms with Gasteiger partial charge in [-0.05, 0) is 51.3 Å². The fraction of sp³-hybridized carbons (Fsp3) is 0.500. The molecule has 0 saturated carbocycles. The molecule has 2 aromatic heterocycles. The summed E-state index contributed by atoms with van der Waals surface area (Å²) in [5, 5.41) is 3.55. The van der Waals surface area contributed by atoms with Gasteiger partial charge in [0.2, 0.25) is 0 Å². The van der Waals surface area contributed by atoms with Crippen molar-refractivity contribution in [2.45, 2.75) is 52.3 Å². The third-order valence-corrected chi connectivity index (χ3v) is 5.22. The molecule has 4 rings (SSSR count). The zero-order valence-electron chi connectivity index (χ0n) is 17.9. The van der Waals surface area contributed by atoms with Gasteiger partial charge in [-0.2, -0.15) is 0 Å². The number of hydrogen-bond acceptors (Lipinski definition) is 7. The normalized spacial score (nSPS) is 15.6. The lowest BCUT2D eigenvalue weighted by molar-refractivity contribution is 0.209. The largest absolute Gasteiger partial charge is 0.490 e.